The number of hydrogen-bond donors (Lipinski definition) is 0. The highest BCUT2D eigenvalue weighted by molar-refractivity contribution is 7.94. The summed E-state index contributed by atoms with van der Waals surface area (Å²) in [7, 11) is -2.21. The number of benzene rings is 1. The number of carbonyl (C=O) groups is 1. The standard InChI is InChI=1S/C18H18N2O5S2/c1-4-24-18(21)14-11-15(25-19-14)16-8-9-17(26-16)27(22,23)20(3)13-7-5-6-12(2)10-13/h5-11H,4H2,1-3H3. The molecule has 142 valence electrons. The van der Waals surface area contributed by atoms with E-state index in [0.29, 0.717) is 16.3 Å². The summed E-state index contributed by atoms with van der Waals surface area (Å²) < 4.78 is 37.2. The Morgan fingerprint density at radius 1 is 1.26 bits per heavy atom. The van der Waals surface area contributed by atoms with Crippen LogP contribution in [0.5, 0.6) is 0 Å². The Hall–Kier alpha value is -2.65. The van der Waals surface area contributed by atoms with E-state index < -0.39 is 16.0 Å². The van der Waals surface area contributed by atoms with Crippen LogP contribution in [0, 0.1) is 6.92 Å². The fraction of sp³-hybridized carbons (Fsp3) is 0.222. The van der Waals surface area contributed by atoms with Crippen LogP contribution in [0.1, 0.15) is 23.0 Å². The molecule has 0 N–H and O–H groups in total. The van der Waals surface area contributed by atoms with Gasteiger partial charge in [-0.3, -0.25) is 4.31 Å². The summed E-state index contributed by atoms with van der Waals surface area (Å²) in [6, 6.07) is 11.8. The molecule has 0 saturated heterocycles. The van der Waals surface area contributed by atoms with Crippen molar-refractivity contribution in [3.05, 3.63) is 53.7 Å². The zero-order valence-corrected chi connectivity index (χ0v) is 16.6. The molecular formula is C18H18N2O5S2. The highest BCUT2D eigenvalue weighted by atomic mass is 32.2. The predicted molar refractivity (Wildman–Crippen MR) is 103 cm³/mol. The van der Waals surface area contributed by atoms with Gasteiger partial charge in [0.1, 0.15) is 4.21 Å². The van der Waals surface area contributed by atoms with Crippen LogP contribution < -0.4 is 4.31 Å². The summed E-state index contributed by atoms with van der Waals surface area (Å²) >= 11 is 1.04. The van der Waals surface area contributed by atoms with Crippen molar-refractivity contribution in [1.82, 2.24) is 5.16 Å². The summed E-state index contributed by atoms with van der Waals surface area (Å²) in [5.74, 6) is -0.279. The zero-order valence-electron chi connectivity index (χ0n) is 15.0. The molecule has 3 aromatic rings. The van der Waals surface area contributed by atoms with Gasteiger partial charge in [-0.25, -0.2) is 13.2 Å². The van der Waals surface area contributed by atoms with E-state index in [0.717, 1.165) is 16.9 Å². The highest BCUT2D eigenvalue weighted by Crippen LogP contribution is 2.33. The molecule has 27 heavy (non-hydrogen) atoms. The number of anilines is 1. The van der Waals surface area contributed by atoms with Gasteiger partial charge in [-0.1, -0.05) is 17.3 Å². The summed E-state index contributed by atoms with van der Waals surface area (Å²) in [5, 5.41) is 3.67. The Bertz CT molecular complexity index is 1070. The fourth-order valence-corrected chi connectivity index (χ4v) is 4.99. The third-order valence-corrected chi connectivity index (χ3v) is 7.15. The minimum Gasteiger partial charge on any atom is -0.461 e. The van der Waals surface area contributed by atoms with Gasteiger partial charge in [0.25, 0.3) is 10.0 Å². The van der Waals surface area contributed by atoms with Crippen molar-refractivity contribution in [2.45, 2.75) is 18.1 Å². The Balaban J connectivity index is 1.87. The lowest BCUT2D eigenvalue weighted by atomic mass is 10.2. The summed E-state index contributed by atoms with van der Waals surface area (Å²) in [6.45, 7) is 3.83. The van der Waals surface area contributed by atoms with Crippen LogP contribution in [-0.2, 0) is 14.8 Å². The Kier molecular flexibility index (Phi) is 5.33. The van der Waals surface area contributed by atoms with E-state index in [2.05, 4.69) is 5.16 Å². The minimum absolute atomic E-state index is 0.0431. The Morgan fingerprint density at radius 2 is 2.04 bits per heavy atom. The summed E-state index contributed by atoms with van der Waals surface area (Å²) in [6.07, 6.45) is 0. The lowest BCUT2D eigenvalue weighted by Crippen LogP contribution is -2.25. The molecule has 1 aromatic carbocycles. The molecular weight excluding hydrogens is 388 g/mol. The van der Waals surface area contributed by atoms with Gasteiger partial charge in [0.2, 0.25) is 0 Å². The second kappa shape index (κ2) is 7.53. The number of esters is 1. The molecule has 9 heteroatoms. The predicted octanol–water partition coefficient (Wildman–Crippen LogP) is 3.71. The maximum atomic E-state index is 12.9. The van der Waals surface area contributed by atoms with E-state index in [1.807, 2.05) is 19.1 Å². The molecule has 0 bridgehead atoms. The lowest BCUT2D eigenvalue weighted by molar-refractivity contribution is 0.0514. The van der Waals surface area contributed by atoms with Gasteiger partial charge in [-0.2, -0.15) is 0 Å². The zero-order chi connectivity index (χ0) is 19.6. The van der Waals surface area contributed by atoms with E-state index >= 15 is 0 Å². The third-order valence-electron chi connectivity index (χ3n) is 3.80. The van der Waals surface area contributed by atoms with Crippen molar-refractivity contribution < 1.29 is 22.5 Å². The topological polar surface area (TPSA) is 89.7 Å². The fourth-order valence-electron chi connectivity index (χ4n) is 2.38. The highest BCUT2D eigenvalue weighted by Gasteiger charge is 2.25. The average Bonchev–Trinajstić information content (AvgIpc) is 3.30. The smallest absolute Gasteiger partial charge is 0.360 e. The van der Waals surface area contributed by atoms with Gasteiger partial charge >= 0.3 is 5.97 Å². The summed E-state index contributed by atoms with van der Waals surface area (Å²) in [5.41, 5.74) is 1.59. The van der Waals surface area contributed by atoms with E-state index in [1.54, 1.807) is 25.1 Å². The molecule has 2 aromatic heterocycles. The van der Waals surface area contributed by atoms with Crippen LogP contribution in [0.15, 0.2) is 51.2 Å². The lowest BCUT2D eigenvalue weighted by Gasteiger charge is -2.18. The average molecular weight is 406 g/mol. The molecule has 0 aliphatic carbocycles. The molecule has 0 fully saturated rings. The largest absolute Gasteiger partial charge is 0.461 e. The molecule has 3 rings (SSSR count). The van der Waals surface area contributed by atoms with Crippen molar-refractivity contribution in [2.24, 2.45) is 0 Å². The number of hydrogen-bond acceptors (Lipinski definition) is 7. The van der Waals surface area contributed by atoms with Crippen LogP contribution >= 0.6 is 11.3 Å². The second-order valence-corrected chi connectivity index (χ2v) is 9.01. The van der Waals surface area contributed by atoms with Gasteiger partial charge in [0, 0.05) is 13.1 Å². The first-order valence-electron chi connectivity index (χ1n) is 8.12. The second-order valence-electron chi connectivity index (χ2n) is 5.73. The Labute approximate surface area is 161 Å². The van der Waals surface area contributed by atoms with Gasteiger partial charge in [-0.05, 0) is 43.7 Å². The maximum Gasteiger partial charge on any atom is 0.360 e. The van der Waals surface area contributed by atoms with Gasteiger partial charge in [0.05, 0.1) is 17.2 Å². The number of carbonyl (C=O) groups excluding carboxylic acids is 1. The van der Waals surface area contributed by atoms with E-state index in [9.17, 15) is 13.2 Å². The van der Waals surface area contributed by atoms with Crippen molar-refractivity contribution in [1.29, 1.82) is 0 Å². The minimum atomic E-state index is -3.72. The van der Waals surface area contributed by atoms with Crippen LogP contribution in [0.4, 0.5) is 5.69 Å². The first kappa shape index (κ1) is 19.1. The molecule has 0 saturated carbocycles. The molecule has 0 unspecified atom stereocenters. The molecule has 2 heterocycles. The van der Waals surface area contributed by atoms with Crippen LogP contribution in [-0.4, -0.2) is 33.2 Å². The van der Waals surface area contributed by atoms with Gasteiger partial charge in [0.15, 0.2) is 11.5 Å². The quantitative estimate of drug-likeness (QED) is 0.580. The molecule has 7 nitrogen and oxygen atoms in total. The Morgan fingerprint density at radius 3 is 2.74 bits per heavy atom. The number of thiophene rings is 1. The number of sulfonamides is 1. The van der Waals surface area contributed by atoms with E-state index in [4.69, 9.17) is 9.26 Å². The molecule has 0 aliphatic heterocycles. The number of aromatic nitrogens is 1. The van der Waals surface area contributed by atoms with Crippen molar-refractivity contribution >= 4 is 33.0 Å². The normalized spacial score (nSPS) is 11.4. The van der Waals surface area contributed by atoms with Gasteiger partial charge in [-0.15, -0.1) is 11.3 Å². The number of aryl methyl sites for hydroxylation is 1. The molecule has 0 atom stereocenters. The van der Waals surface area contributed by atoms with Gasteiger partial charge < -0.3 is 9.26 Å². The molecule has 0 radical (unpaired) electrons. The molecule has 0 aliphatic rings. The van der Waals surface area contributed by atoms with Crippen molar-refractivity contribution in [3.63, 3.8) is 0 Å². The van der Waals surface area contributed by atoms with Crippen molar-refractivity contribution in [3.8, 4) is 10.6 Å². The van der Waals surface area contributed by atoms with E-state index in [-0.39, 0.29) is 16.5 Å². The van der Waals surface area contributed by atoms with Crippen LogP contribution in [0.2, 0.25) is 0 Å². The maximum absolute atomic E-state index is 12.9. The van der Waals surface area contributed by atoms with Crippen LogP contribution in [0.3, 0.4) is 0 Å². The third kappa shape index (κ3) is 3.88. The first-order chi connectivity index (χ1) is 12.8. The van der Waals surface area contributed by atoms with E-state index in [1.165, 1.54) is 23.5 Å². The summed E-state index contributed by atoms with van der Waals surface area (Å²) in [4.78, 5) is 12.2. The first-order valence-corrected chi connectivity index (χ1v) is 10.4. The van der Waals surface area contributed by atoms with Crippen molar-refractivity contribution in [2.75, 3.05) is 18.0 Å². The molecule has 0 amide bonds. The number of nitrogens with zero attached hydrogens (tertiary/aromatic N) is 2. The molecule has 0 spiro atoms. The monoisotopic (exact) mass is 406 g/mol. The SMILES string of the molecule is CCOC(=O)c1cc(-c2ccc(S(=O)(=O)N(C)c3cccc(C)c3)s2)on1. The van der Waals surface area contributed by atoms with Crippen LogP contribution in [0.25, 0.3) is 10.6 Å². The number of rotatable bonds is 6. The number of ether oxygens (including phenoxy) is 1.